The summed E-state index contributed by atoms with van der Waals surface area (Å²) >= 11 is 2.18. The van der Waals surface area contributed by atoms with Crippen molar-refractivity contribution in [2.24, 2.45) is 0 Å². The molecule has 0 bridgehead atoms. The third kappa shape index (κ3) is 3.55. The number of carbonyl (C=O) groups is 1. The largest absolute Gasteiger partial charge is 0.493 e. The minimum Gasteiger partial charge on any atom is -0.493 e. The zero-order valence-electron chi connectivity index (χ0n) is 15.9. The van der Waals surface area contributed by atoms with E-state index < -0.39 is 0 Å². The highest BCUT2D eigenvalue weighted by Crippen LogP contribution is 2.33. The summed E-state index contributed by atoms with van der Waals surface area (Å²) in [6, 6.07) is 11.6. The number of amides is 1. The van der Waals surface area contributed by atoms with E-state index in [9.17, 15) is 4.79 Å². The molecule has 1 atom stereocenters. The van der Waals surface area contributed by atoms with Gasteiger partial charge in [0.2, 0.25) is 0 Å². The molecule has 2 aromatic carbocycles. The van der Waals surface area contributed by atoms with Crippen LogP contribution in [0.2, 0.25) is 0 Å². The smallest absolute Gasteiger partial charge is 0.255 e. The molecule has 7 heteroatoms. The van der Waals surface area contributed by atoms with E-state index in [2.05, 4.69) is 27.6 Å². The van der Waals surface area contributed by atoms with Crippen LogP contribution >= 0.6 is 22.6 Å². The van der Waals surface area contributed by atoms with Crippen LogP contribution in [0, 0.1) is 3.57 Å². The molecular formula is C21H22IN3O3. The van der Waals surface area contributed by atoms with Crippen molar-refractivity contribution in [2.75, 3.05) is 27.3 Å². The molecule has 4 rings (SSSR count). The number of piperidine rings is 1. The van der Waals surface area contributed by atoms with Gasteiger partial charge in [-0.25, -0.2) is 4.98 Å². The molecule has 1 unspecified atom stereocenters. The second-order valence-electron chi connectivity index (χ2n) is 6.92. The number of benzene rings is 2. The average Bonchev–Trinajstić information content (AvgIpc) is 3.17. The fourth-order valence-corrected chi connectivity index (χ4v) is 4.41. The number of likely N-dealkylation sites (tertiary alicyclic amines) is 1. The van der Waals surface area contributed by atoms with Crippen LogP contribution in [-0.4, -0.2) is 48.1 Å². The number of hydrogen-bond acceptors (Lipinski definition) is 4. The summed E-state index contributed by atoms with van der Waals surface area (Å²) in [5.74, 6) is 2.38. The number of nitrogens with zero attached hydrogens (tertiary/aromatic N) is 2. The van der Waals surface area contributed by atoms with Gasteiger partial charge in [0, 0.05) is 22.6 Å². The summed E-state index contributed by atoms with van der Waals surface area (Å²) in [6.07, 6.45) is 1.98. The highest BCUT2D eigenvalue weighted by atomic mass is 127. The van der Waals surface area contributed by atoms with Crippen molar-refractivity contribution in [3.8, 4) is 11.5 Å². The van der Waals surface area contributed by atoms with Crippen molar-refractivity contribution in [3.05, 3.63) is 51.4 Å². The predicted molar refractivity (Wildman–Crippen MR) is 116 cm³/mol. The van der Waals surface area contributed by atoms with E-state index in [0.29, 0.717) is 23.6 Å². The van der Waals surface area contributed by atoms with Gasteiger partial charge in [-0.2, -0.15) is 0 Å². The van der Waals surface area contributed by atoms with Crippen LogP contribution < -0.4 is 9.47 Å². The summed E-state index contributed by atoms with van der Waals surface area (Å²) in [5, 5.41) is 0. The quantitative estimate of drug-likeness (QED) is 0.556. The molecule has 1 saturated heterocycles. The maximum absolute atomic E-state index is 13.2. The van der Waals surface area contributed by atoms with Crippen molar-refractivity contribution in [2.45, 2.75) is 18.8 Å². The van der Waals surface area contributed by atoms with Gasteiger partial charge < -0.3 is 19.4 Å². The van der Waals surface area contributed by atoms with Gasteiger partial charge >= 0.3 is 0 Å². The maximum Gasteiger partial charge on any atom is 0.255 e. The zero-order chi connectivity index (χ0) is 19.7. The first-order chi connectivity index (χ1) is 13.6. The lowest BCUT2D eigenvalue weighted by atomic mass is 9.96. The molecule has 6 nitrogen and oxygen atoms in total. The lowest BCUT2D eigenvalue weighted by molar-refractivity contribution is 0.0703. The van der Waals surface area contributed by atoms with Gasteiger partial charge in [-0.05, 0) is 59.7 Å². The molecule has 1 amide bonds. The van der Waals surface area contributed by atoms with Crippen LogP contribution in [-0.2, 0) is 0 Å². The summed E-state index contributed by atoms with van der Waals surface area (Å²) in [5.41, 5.74) is 2.65. The maximum atomic E-state index is 13.2. The second-order valence-corrected chi connectivity index (χ2v) is 8.08. The molecule has 28 heavy (non-hydrogen) atoms. The van der Waals surface area contributed by atoms with Gasteiger partial charge in [-0.1, -0.05) is 12.1 Å². The summed E-state index contributed by atoms with van der Waals surface area (Å²) in [4.78, 5) is 23.3. The number of methoxy groups -OCH3 is 2. The SMILES string of the molecule is COc1cc(I)c(C(=O)N2CCCC(c3nc4ccccc4[nH]3)C2)cc1OC. The third-order valence-corrected chi connectivity index (χ3v) is 6.10. The molecule has 1 aliphatic rings. The molecule has 0 radical (unpaired) electrons. The number of imidazole rings is 1. The Balaban J connectivity index is 1.58. The normalized spacial score (nSPS) is 17.0. The average molecular weight is 491 g/mol. The number of aromatic amines is 1. The number of H-pyrrole nitrogens is 1. The van der Waals surface area contributed by atoms with Gasteiger partial charge in [-0.3, -0.25) is 4.79 Å². The minimum absolute atomic E-state index is 0.0196. The van der Waals surface area contributed by atoms with E-state index >= 15 is 0 Å². The predicted octanol–water partition coefficient (Wildman–Crippen LogP) is 4.20. The van der Waals surface area contributed by atoms with Crippen molar-refractivity contribution in [1.82, 2.24) is 14.9 Å². The van der Waals surface area contributed by atoms with E-state index in [1.165, 1.54) is 0 Å². The molecular weight excluding hydrogens is 469 g/mol. The number of rotatable bonds is 4. The first kappa shape index (κ1) is 19.0. The Morgan fingerprint density at radius 1 is 1.21 bits per heavy atom. The summed E-state index contributed by atoms with van der Waals surface area (Å²) in [6.45, 7) is 1.41. The number of aromatic nitrogens is 2. The number of carbonyl (C=O) groups excluding carboxylic acids is 1. The molecule has 3 aromatic rings. The fourth-order valence-electron chi connectivity index (χ4n) is 3.74. The summed E-state index contributed by atoms with van der Waals surface area (Å²) < 4.78 is 11.6. The monoisotopic (exact) mass is 491 g/mol. The molecule has 1 fully saturated rings. The van der Waals surface area contributed by atoms with Crippen LogP contribution in [0.5, 0.6) is 11.5 Å². The van der Waals surface area contributed by atoms with E-state index in [0.717, 1.165) is 39.8 Å². The first-order valence-electron chi connectivity index (χ1n) is 9.26. The van der Waals surface area contributed by atoms with Crippen molar-refractivity contribution in [1.29, 1.82) is 0 Å². The molecule has 0 spiro atoms. The summed E-state index contributed by atoms with van der Waals surface area (Å²) in [7, 11) is 3.18. The number of para-hydroxylation sites is 2. The second kappa shape index (κ2) is 7.98. The van der Waals surface area contributed by atoms with Crippen molar-refractivity contribution in [3.63, 3.8) is 0 Å². The Kier molecular flexibility index (Phi) is 5.43. The van der Waals surface area contributed by atoms with Gasteiger partial charge in [0.25, 0.3) is 5.91 Å². The Labute approximate surface area is 177 Å². The van der Waals surface area contributed by atoms with Crippen LogP contribution in [0.4, 0.5) is 0 Å². The van der Waals surface area contributed by atoms with E-state index in [1.807, 2.05) is 35.2 Å². The molecule has 146 valence electrons. The highest BCUT2D eigenvalue weighted by Gasteiger charge is 2.29. The van der Waals surface area contributed by atoms with E-state index in [-0.39, 0.29) is 11.8 Å². The molecule has 2 heterocycles. The first-order valence-corrected chi connectivity index (χ1v) is 10.3. The zero-order valence-corrected chi connectivity index (χ0v) is 18.0. The van der Waals surface area contributed by atoms with Crippen LogP contribution in [0.25, 0.3) is 11.0 Å². The van der Waals surface area contributed by atoms with E-state index in [1.54, 1.807) is 20.3 Å². The lowest BCUT2D eigenvalue weighted by Crippen LogP contribution is -2.39. The van der Waals surface area contributed by atoms with Crippen LogP contribution in [0.1, 0.15) is 34.9 Å². The standard InChI is InChI=1S/C21H22IN3O3/c1-27-18-10-14(15(22)11-19(18)28-2)21(26)25-9-5-6-13(12-25)20-23-16-7-3-4-8-17(16)24-20/h3-4,7-8,10-11,13H,5-6,9,12H2,1-2H3,(H,23,24). The Morgan fingerprint density at radius 3 is 2.71 bits per heavy atom. The van der Waals surface area contributed by atoms with Crippen LogP contribution in [0.15, 0.2) is 36.4 Å². The van der Waals surface area contributed by atoms with E-state index in [4.69, 9.17) is 14.5 Å². The molecule has 0 aliphatic carbocycles. The fraction of sp³-hybridized carbons (Fsp3) is 0.333. The van der Waals surface area contributed by atoms with Crippen molar-refractivity contribution >= 4 is 39.5 Å². The van der Waals surface area contributed by atoms with Gasteiger partial charge in [-0.15, -0.1) is 0 Å². The molecule has 1 aromatic heterocycles. The van der Waals surface area contributed by atoms with Crippen molar-refractivity contribution < 1.29 is 14.3 Å². The Morgan fingerprint density at radius 2 is 1.96 bits per heavy atom. The minimum atomic E-state index is 0.0196. The molecule has 1 aliphatic heterocycles. The van der Waals surface area contributed by atoms with Gasteiger partial charge in [0.05, 0.1) is 30.8 Å². The number of ether oxygens (including phenoxy) is 2. The topological polar surface area (TPSA) is 67.5 Å². The molecule has 0 saturated carbocycles. The Hall–Kier alpha value is -2.29. The highest BCUT2D eigenvalue weighted by molar-refractivity contribution is 14.1. The molecule has 1 N–H and O–H groups in total. The van der Waals surface area contributed by atoms with Gasteiger partial charge in [0.15, 0.2) is 11.5 Å². The number of fused-ring (bicyclic) bond motifs is 1. The Bertz CT molecular complexity index is 984. The number of halogens is 1. The lowest BCUT2D eigenvalue weighted by Gasteiger charge is -2.32. The third-order valence-electron chi connectivity index (χ3n) is 5.21. The van der Waals surface area contributed by atoms with Crippen LogP contribution in [0.3, 0.4) is 0 Å². The number of hydrogen-bond donors (Lipinski definition) is 1. The van der Waals surface area contributed by atoms with Gasteiger partial charge in [0.1, 0.15) is 5.82 Å². The number of nitrogens with one attached hydrogen (secondary N) is 1.